The molecule has 3 unspecified atom stereocenters. The number of rotatable bonds is 4. The minimum absolute atomic E-state index is 0.0486. The first-order chi connectivity index (χ1) is 8.56. The van der Waals surface area contributed by atoms with Crippen LogP contribution in [0, 0.1) is 5.92 Å². The number of fused-ring (bicyclic) bond motifs is 2. The average Bonchev–Trinajstić information content (AvgIpc) is 2.56. The number of esters is 1. The molecule has 0 aliphatic carbocycles. The maximum absolute atomic E-state index is 12.2. The van der Waals surface area contributed by atoms with Crippen molar-refractivity contribution in [1.82, 2.24) is 4.90 Å². The Balaban J connectivity index is 2.33. The van der Waals surface area contributed by atoms with Gasteiger partial charge < -0.3 is 4.74 Å². The number of carbonyl (C=O) groups is 2. The molecule has 0 radical (unpaired) electrons. The van der Waals surface area contributed by atoms with E-state index in [9.17, 15) is 9.59 Å². The van der Waals surface area contributed by atoms with E-state index >= 15 is 0 Å². The van der Waals surface area contributed by atoms with Gasteiger partial charge in [0.25, 0.3) is 0 Å². The molecule has 0 aromatic rings. The molecular weight excluding hydrogens is 250 g/mol. The van der Waals surface area contributed by atoms with E-state index in [2.05, 4.69) is 6.58 Å². The van der Waals surface area contributed by atoms with Crippen LogP contribution < -0.4 is 0 Å². The number of nitrogens with zero attached hydrogens (tertiary/aromatic N) is 1. The normalized spacial score (nSPS) is 34.7. The number of ether oxygens (including phenoxy) is 1. The quantitative estimate of drug-likeness (QED) is 0.566. The van der Waals surface area contributed by atoms with Crippen molar-refractivity contribution in [3.8, 4) is 0 Å². The summed E-state index contributed by atoms with van der Waals surface area (Å²) < 4.78 is 4.84. The molecule has 5 heteroatoms. The zero-order chi connectivity index (χ0) is 13.3. The van der Waals surface area contributed by atoms with Crippen molar-refractivity contribution >= 4 is 23.5 Å². The van der Waals surface area contributed by atoms with Gasteiger partial charge in [0.15, 0.2) is 5.78 Å². The Morgan fingerprint density at radius 3 is 3.11 bits per heavy atom. The van der Waals surface area contributed by atoms with Gasteiger partial charge in [0.1, 0.15) is 4.87 Å². The van der Waals surface area contributed by atoms with Crippen LogP contribution in [-0.2, 0) is 14.3 Å². The third-order valence-corrected chi connectivity index (χ3v) is 5.24. The van der Waals surface area contributed by atoms with Crippen LogP contribution in [0.4, 0.5) is 0 Å². The van der Waals surface area contributed by atoms with Crippen molar-refractivity contribution in [3.05, 3.63) is 24.8 Å². The lowest BCUT2D eigenvalue weighted by Crippen LogP contribution is -2.50. The van der Waals surface area contributed by atoms with Crippen LogP contribution in [0.2, 0.25) is 0 Å². The molecule has 2 bridgehead atoms. The van der Waals surface area contributed by atoms with E-state index in [1.807, 2.05) is 18.0 Å². The lowest BCUT2D eigenvalue weighted by molar-refractivity contribution is -0.145. The van der Waals surface area contributed by atoms with Crippen molar-refractivity contribution in [2.75, 3.05) is 19.9 Å². The summed E-state index contributed by atoms with van der Waals surface area (Å²) in [6.07, 6.45) is 5.69. The lowest BCUT2D eigenvalue weighted by atomic mass is 10.0. The molecule has 18 heavy (non-hydrogen) atoms. The van der Waals surface area contributed by atoms with Crippen LogP contribution in [-0.4, -0.2) is 47.5 Å². The van der Waals surface area contributed by atoms with Crippen molar-refractivity contribution < 1.29 is 14.3 Å². The number of hydrogen-bond donors (Lipinski definition) is 0. The van der Waals surface area contributed by atoms with E-state index in [0.717, 1.165) is 0 Å². The molecule has 1 saturated heterocycles. The lowest BCUT2D eigenvalue weighted by Gasteiger charge is -2.37. The van der Waals surface area contributed by atoms with Gasteiger partial charge in [0, 0.05) is 11.8 Å². The van der Waals surface area contributed by atoms with Gasteiger partial charge >= 0.3 is 5.97 Å². The fourth-order valence-corrected chi connectivity index (χ4v) is 3.96. The summed E-state index contributed by atoms with van der Waals surface area (Å²) in [6.45, 7) is 3.68. The van der Waals surface area contributed by atoms with Crippen molar-refractivity contribution in [2.45, 2.75) is 17.3 Å². The molecule has 3 atom stereocenters. The molecule has 2 rings (SSSR count). The van der Waals surface area contributed by atoms with Gasteiger partial charge in [-0.25, -0.2) is 0 Å². The summed E-state index contributed by atoms with van der Waals surface area (Å²) in [5.74, 6) is 0.233. The Morgan fingerprint density at radius 1 is 1.78 bits per heavy atom. The molecule has 2 aliphatic heterocycles. The van der Waals surface area contributed by atoms with Crippen LogP contribution in [0.5, 0.6) is 0 Å². The molecule has 0 spiro atoms. The Labute approximate surface area is 111 Å². The second-order valence-electron chi connectivity index (χ2n) is 4.54. The maximum Gasteiger partial charge on any atom is 0.310 e. The molecule has 0 aromatic carbocycles. The highest BCUT2D eigenvalue weighted by Crippen LogP contribution is 2.48. The molecule has 0 amide bonds. The van der Waals surface area contributed by atoms with Crippen LogP contribution in [0.25, 0.3) is 0 Å². The first-order valence-corrected chi connectivity index (χ1v) is 6.83. The van der Waals surface area contributed by atoms with Gasteiger partial charge in [0.2, 0.25) is 0 Å². The summed E-state index contributed by atoms with van der Waals surface area (Å²) in [5.41, 5.74) is 0. The second-order valence-corrected chi connectivity index (χ2v) is 5.84. The van der Waals surface area contributed by atoms with Gasteiger partial charge in [-0.15, -0.1) is 18.3 Å². The molecule has 1 fully saturated rings. The van der Waals surface area contributed by atoms with E-state index < -0.39 is 4.87 Å². The van der Waals surface area contributed by atoms with Crippen LogP contribution in [0.1, 0.15) is 6.42 Å². The number of hydrogen-bond acceptors (Lipinski definition) is 5. The van der Waals surface area contributed by atoms with E-state index in [1.54, 1.807) is 12.2 Å². The first-order valence-electron chi connectivity index (χ1n) is 5.85. The highest BCUT2D eigenvalue weighted by atomic mass is 32.2. The fourth-order valence-electron chi connectivity index (χ4n) is 2.73. The highest BCUT2D eigenvalue weighted by Gasteiger charge is 2.57. The van der Waals surface area contributed by atoms with Crippen molar-refractivity contribution in [3.63, 3.8) is 0 Å². The van der Waals surface area contributed by atoms with Crippen LogP contribution in [0.15, 0.2) is 24.8 Å². The van der Waals surface area contributed by atoms with E-state index in [4.69, 9.17) is 4.74 Å². The minimum atomic E-state index is -0.632. The fraction of sp³-hybridized carbons (Fsp3) is 0.538. The van der Waals surface area contributed by atoms with Crippen molar-refractivity contribution in [1.29, 1.82) is 0 Å². The highest BCUT2D eigenvalue weighted by molar-refractivity contribution is 8.01. The largest absolute Gasteiger partial charge is 0.469 e. The van der Waals surface area contributed by atoms with Gasteiger partial charge in [-0.3, -0.25) is 14.5 Å². The van der Waals surface area contributed by atoms with Crippen LogP contribution in [0.3, 0.4) is 0 Å². The summed E-state index contributed by atoms with van der Waals surface area (Å²) in [6, 6.07) is -0.0486. The predicted molar refractivity (Wildman–Crippen MR) is 71.2 cm³/mol. The molecule has 0 N–H and O–H groups in total. The van der Waals surface area contributed by atoms with Gasteiger partial charge in [-0.1, -0.05) is 12.2 Å². The third kappa shape index (κ3) is 1.82. The van der Waals surface area contributed by atoms with Gasteiger partial charge in [0.05, 0.1) is 13.0 Å². The van der Waals surface area contributed by atoms with Crippen molar-refractivity contribution in [2.24, 2.45) is 5.92 Å². The molecule has 4 nitrogen and oxygen atoms in total. The maximum atomic E-state index is 12.2. The third-order valence-electron chi connectivity index (χ3n) is 3.70. The average molecular weight is 267 g/mol. The van der Waals surface area contributed by atoms with E-state index in [-0.39, 0.29) is 23.7 Å². The Morgan fingerprint density at radius 2 is 2.50 bits per heavy atom. The Hall–Kier alpha value is -1.07. The molecule has 0 saturated carbocycles. The molecule has 2 aliphatic rings. The first kappa shape index (κ1) is 13.4. The molecular formula is C13H17NO3S. The second kappa shape index (κ2) is 4.90. The SMILES string of the molecule is C=CCSC12CC(C(=O)OC)C(C=CC1=O)N2C. The Kier molecular flexibility index (Phi) is 3.64. The van der Waals surface area contributed by atoms with E-state index in [0.29, 0.717) is 12.2 Å². The summed E-state index contributed by atoms with van der Waals surface area (Å²) in [5, 5.41) is 0. The number of ketones is 1. The number of methoxy groups -OCH3 is 1. The molecule has 0 aromatic heterocycles. The van der Waals surface area contributed by atoms with Gasteiger partial charge in [-0.2, -0.15) is 0 Å². The zero-order valence-electron chi connectivity index (χ0n) is 10.6. The number of likely N-dealkylation sites (N-methyl/N-ethyl adjacent to an activating group) is 1. The smallest absolute Gasteiger partial charge is 0.310 e. The topological polar surface area (TPSA) is 46.6 Å². The summed E-state index contributed by atoms with van der Waals surface area (Å²) >= 11 is 1.53. The van der Waals surface area contributed by atoms with E-state index in [1.165, 1.54) is 18.9 Å². The standard InChI is InChI=1S/C13H17NO3S/c1-4-7-18-13-8-9(12(16)17-3)10(14(13)2)5-6-11(13)15/h4-6,9-10H,1,7-8H2,2-3H3. The number of thioether (sulfide) groups is 1. The Bertz CT molecular complexity index is 420. The van der Waals surface area contributed by atoms with Gasteiger partial charge in [-0.05, 0) is 19.5 Å². The molecule has 2 heterocycles. The minimum Gasteiger partial charge on any atom is -0.469 e. The zero-order valence-corrected chi connectivity index (χ0v) is 11.4. The van der Waals surface area contributed by atoms with Crippen LogP contribution >= 0.6 is 11.8 Å². The monoisotopic (exact) mass is 267 g/mol. The number of carbonyl (C=O) groups excluding carboxylic acids is 2. The predicted octanol–water partition coefficient (Wildman–Crippen LogP) is 1.23. The summed E-state index contributed by atoms with van der Waals surface area (Å²) in [7, 11) is 3.28. The summed E-state index contributed by atoms with van der Waals surface area (Å²) in [4.78, 5) is 25.4. The molecule has 98 valence electrons.